The van der Waals surface area contributed by atoms with Crippen LogP contribution in [-0.4, -0.2) is 29.0 Å². The van der Waals surface area contributed by atoms with Gasteiger partial charge in [0.15, 0.2) is 0 Å². The first-order valence-corrected chi connectivity index (χ1v) is 11.4. The molecule has 154 valence electrons. The number of alkyl carbamates (subject to hydrolysis) is 1. The summed E-state index contributed by atoms with van der Waals surface area (Å²) in [5.74, 6) is 0.182. The van der Waals surface area contributed by atoms with E-state index in [0.717, 1.165) is 19.3 Å². The number of rotatable bonds is 10. The third kappa shape index (κ3) is 8.89. The van der Waals surface area contributed by atoms with Gasteiger partial charge in [-0.25, -0.2) is 4.79 Å². The monoisotopic (exact) mass is 422 g/mol. The van der Waals surface area contributed by atoms with Crippen molar-refractivity contribution in [2.24, 2.45) is 0 Å². The Hall–Kier alpha value is -1.86. The zero-order chi connectivity index (χ0) is 20.4. The maximum atomic E-state index is 12.7. The fraction of sp³-hybridized carbons (Fsp3) is 0.524. The molecule has 0 aromatic carbocycles. The van der Waals surface area contributed by atoms with Crippen LogP contribution < -0.4 is 5.32 Å². The van der Waals surface area contributed by atoms with Crippen LogP contribution in [0.15, 0.2) is 35.0 Å². The molecule has 0 spiro atoms. The van der Waals surface area contributed by atoms with Crippen molar-refractivity contribution in [1.82, 2.24) is 10.2 Å². The van der Waals surface area contributed by atoms with Gasteiger partial charge in [0.25, 0.3) is 0 Å². The van der Waals surface area contributed by atoms with Crippen LogP contribution in [-0.2, 0) is 22.6 Å². The number of nitrogens with one attached hydrogen (secondary N) is 1. The van der Waals surface area contributed by atoms with Gasteiger partial charge in [-0.3, -0.25) is 4.79 Å². The van der Waals surface area contributed by atoms with E-state index in [1.54, 1.807) is 22.7 Å². The molecule has 0 atom stereocenters. The minimum atomic E-state index is -0.481. The number of carbonyl (C=O) groups excluding carboxylic acids is 2. The highest BCUT2D eigenvalue weighted by Crippen LogP contribution is 2.18. The molecule has 0 aliphatic rings. The Morgan fingerprint density at radius 3 is 2.11 bits per heavy atom. The lowest BCUT2D eigenvalue weighted by Gasteiger charge is -2.22. The smallest absolute Gasteiger partial charge is 0.407 e. The average Bonchev–Trinajstić information content (AvgIpc) is 3.29. The van der Waals surface area contributed by atoms with Crippen molar-refractivity contribution in [3.05, 3.63) is 44.8 Å². The molecule has 2 heterocycles. The largest absolute Gasteiger partial charge is 0.444 e. The van der Waals surface area contributed by atoms with Gasteiger partial charge in [-0.1, -0.05) is 18.6 Å². The van der Waals surface area contributed by atoms with E-state index in [-0.39, 0.29) is 12.0 Å². The molecular weight excluding hydrogens is 392 g/mol. The molecule has 0 saturated carbocycles. The van der Waals surface area contributed by atoms with E-state index in [1.165, 1.54) is 9.75 Å². The lowest BCUT2D eigenvalue weighted by molar-refractivity contribution is -0.132. The molecule has 1 N–H and O–H groups in total. The highest BCUT2D eigenvalue weighted by Gasteiger charge is 2.16. The van der Waals surface area contributed by atoms with Crippen LogP contribution in [0.5, 0.6) is 0 Å². The van der Waals surface area contributed by atoms with Gasteiger partial charge in [0.2, 0.25) is 5.91 Å². The Balaban J connectivity index is 1.70. The normalized spacial score (nSPS) is 11.2. The molecule has 0 aliphatic heterocycles. The Bertz CT molecular complexity index is 670. The predicted octanol–water partition coefficient (Wildman–Crippen LogP) is 5.42. The number of unbranched alkanes of at least 4 members (excludes halogenated alkanes) is 2. The van der Waals surface area contributed by atoms with E-state index in [4.69, 9.17) is 4.74 Å². The molecule has 0 unspecified atom stereocenters. The number of nitrogens with zero attached hydrogens (tertiary/aromatic N) is 1. The van der Waals surface area contributed by atoms with E-state index in [9.17, 15) is 9.59 Å². The number of amides is 2. The van der Waals surface area contributed by atoms with E-state index in [2.05, 4.69) is 17.4 Å². The molecule has 0 saturated heterocycles. The second kappa shape index (κ2) is 11.2. The van der Waals surface area contributed by atoms with Crippen LogP contribution in [0.25, 0.3) is 0 Å². The summed E-state index contributed by atoms with van der Waals surface area (Å²) in [6, 6.07) is 8.18. The van der Waals surface area contributed by atoms with Crippen LogP contribution in [0.4, 0.5) is 4.79 Å². The van der Waals surface area contributed by atoms with E-state index >= 15 is 0 Å². The maximum Gasteiger partial charge on any atom is 0.407 e. The summed E-state index contributed by atoms with van der Waals surface area (Å²) in [5, 5.41) is 6.84. The molecule has 2 aromatic rings. The quantitative estimate of drug-likeness (QED) is 0.520. The SMILES string of the molecule is CC(C)(C)OC(=O)NCCCCCC(=O)N(Cc1cccs1)Cc1cccs1. The van der Waals surface area contributed by atoms with E-state index in [1.807, 2.05) is 48.6 Å². The standard InChI is InChI=1S/C21H30N2O3S2/c1-21(2,3)26-20(25)22-12-6-4-5-11-19(24)23(15-17-9-7-13-27-17)16-18-10-8-14-28-18/h7-10,13-14H,4-6,11-12,15-16H2,1-3H3,(H,22,25). The van der Waals surface area contributed by atoms with Crippen LogP contribution in [0.3, 0.4) is 0 Å². The molecule has 7 heteroatoms. The zero-order valence-corrected chi connectivity index (χ0v) is 18.5. The third-order valence-electron chi connectivity index (χ3n) is 3.94. The molecule has 28 heavy (non-hydrogen) atoms. The van der Waals surface area contributed by atoms with Crippen molar-refractivity contribution in [2.75, 3.05) is 6.54 Å². The van der Waals surface area contributed by atoms with Crippen molar-refractivity contribution >= 4 is 34.7 Å². The molecule has 0 aliphatic carbocycles. The van der Waals surface area contributed by atoms with Crippen LogP contribution in [0.1, 0.15) is 56.2 Å². The van der Waals surface area contributed by atoms with Crippen LogP contribution in [0, 0.1) is 0 Å². The summed E-state index contributed by atoms with van der Waals surface area (Å²) in [5.41, 5.74) is -0.481. The predicted molar refractivity (Wildman–Crippen MR) is 116 cm³/mol. The number of hydrogen-bond donors (Lipinski definition) is 1. The number of thiophene rings is 2. The minimum Gasteiger partial charge on any atom is -0.444 e. The minimum absolute atomic E-state index is 0.182. The lowest BCUT2D eigenvalue weighted by Crippen LogP contribution is -2.33. The fourth-order valence-corrected chi connectivity index (χ4v) is 4.09. The molecule has 0 bridgehead atoms. The van der Waals surface area contributed by atoms with Crippen molar-refractivity contribution in [3.8, 4) is 0 Å². The van der Waals surface area contributed by atoms with Gasteiger partial charge in [0.05, 0.1) is 13.1 Å². The Kier molecular flexibility index (Phi) is 8.99. The Morgan fingerprint density at radius 2 is 1.61 bits per heavy atom. The Morgan fingerprint density at radius 1 is 1.00 bits per heavy atom. The zero-order valence-electron chi connectivity index (χ0n) is 16.9. The summed E-state index contributed by atoms with van der Waals surface area (Å²) in [4.78, 5) is 28.7. The van der Waals surface area contributed by atoms with E-state index < -0.39 is 5.60 Å². The van der Waals surface area contributed by atoms with Gasteiger partial charge in [0, 0.05) is 22.7 Å². The fourth-order valence-electron chi connectivity index (χ4n) is 2.65. The lowest BCUT2D eigenvalue weighted by atomic mass is 10.1. The number of hydrogen-bond acceptors (Lipinski definition) is 5. The second-order valence-corrected chi connectivity index (χ2v) is 9.71. The van der Waals surface area contributed by atoms with Gasteiger partial charge in [0.1, 0.15) is 5.60 Å². The molecule has 0 fully saturated rings. The molecule has 0 radical (unpaired) electrons. The summed E-state index contributed by atoms with van der Waals surface area (Å²) < 4.78 is 5.20. The summed E-state index contributed by atoms with van der Waals surface area (Å²) >= 11 is 3.36. The molecule has 2 amide bonds. The first-order valence-electron chi connectivity index (χ1n) is 9.63. The van der Waals surface area contributed by atoms with Crippen molar-refractivity contribution < 1.29 is 14.3 Å². The Labute approximate surface area is 175 Å². The highest BCUT2D eigenvalue weighted by atomic mass is 32.1. The molecule has 2 rings (SSSR count). The summed E-state index contributed by atoms with van der Waals surface area (Å²) in [7, 11) is 0. The molecule has 2 aromatic heterocycles. The number of ether oxygens (including phenoxy) is 1. The van der Waals surface area contributed by atoms with E-state index in [0.29, 0.717) is 26.1 Å². The van der Waals surface area contributed by atoms with Gasteiger partial charge in [-0.2, -0.15) is 0 Å². The summed E-state index contributed by atoms with van der Waals surface area (Å²) in [6.45, 7) is 7.42. The van der Waals surface area contributed by atoms with Gasteiger partial charge in [-0.15, -0.1) is 22.7 Å². The first-order chi connectivity index (χ1) is 13.3. The van der Waals surface area contributed by atoms with Crippen molar-refractivity contribution in [1.29, 1.82) is 0 Å². The van der Waals surface area contributed by atoms with Gasteiger partial charge >= 0.3 is 6.09 Å². The maximum absolute atomic E-state index is 12.7. The van der Waals surface area contributed by atoms with Gasteiger partial charge < -0.3 is 15.0 Å². The highest BCUT2D eigenvalue weighted by molar-refractivity contribution is 7.10. The summed E-state index contributed by atoms with van der Waals surface area (Å²) in [6.07, 6.45) is 2.70. The molecule has 5 nitrogen and oxygen atoms in total. The first kappa shape index (κ1) is 22.4. The van der Waals surface area contributed by atoms with Crippen molar-refractivity contribution in [3.63, 3.8) is 0 Å². The third-order valence-corrected chi connectivity index (χ3v) is 5.66. The van der Waals surface area contributed by atoms with Gasteiger partial charge in [-0.05, 0) is 56.5 Å². The topological polar surface area (TPSA) is 58.6 Å². The average molecular weight is 423 g/mol. The molecular formula is C21H30N2O3S2. The van der Waals surface area contributed by atoms with Crippen LogP contribution >= 0.6 is 22.7 Å². The number of carbonyl (C=O) groups is 2. The second-order valence-electron chi connectivity index (χ2n) is 7.65. The van der Waals surface area contributed by atoms with Crippen molar-refractivity contribution in [2.45, 2.75) is 65.1 Å². The van der Waals surface area contributed by atoms with Crippen LogP contribution in [0.2, 0.25) is 0 Å².